The van der Waals surface area contributed by atoms with Crippen molar-refractivity contribution in [1.82, 2.24) is 10.6 Å². The summed E-state index contributed by atoms with van der Waals surface area (Å²) in [7, 11) is 1.52. The van der Waals surface area contributed by atoms with Crippen molar-refractivity contribution in [3.05, 3.63) is 38.9 Å². The molecule has 0 atom stereocenters. The maximum Gasteiger partial charge on any atom is 0.275 e. The van der Waals surface area contributed by atoms with Crippen molar-refractivity contribution in [1.29, 1.82) is 0 Å². The number of rotatable bonds is 5. The van der Waals surface area contributed by atoms with Gasteiger partial charge in [-0.3, -0.25) is 14.9 Å². The molecule has 0 aliphatic rings. The Hall–Kier alpha value is -1.66. The number of nitro benzene ring substituents is 1. The first-order valence-corrected chi connectivity index (χ1v) is 5.26. The second-order valence-corrected chi connectivity index (χ2v) is 3.74. The van der Waals surface area contributed by atoms with Gasteiger partial charge in [-0.2, -0.15) is 0 Å². The van der Waals surface area contributed by atoms with Crippen LogP contribution in [-0.4, -0.2) is 24.4 Å². The van der Waals surface area contributed by atoms with Crippen LogP contribution < -0.4 is 10.6 Å². The van der Waals surface area contributed by atoms with Gasteiger partial charge in [0.05, 0.1) is 11.5 Å². The summed E-state index contributed by atoms with van der Waals surface area (Å²) in [6.07, 6.45) is 0. The third-order valence-corrected chi connectivity index (χ3v) is 2.36. The zero-order chi connectivity index (χ0) is 12.8. The summed E-state index contributed by atoms with van der Waals surface area (Å²) in [5, 5.41) is 16.3. The van der Waals surface area contributed by atoms with E-state index < -0.39 is 4.92 Å². The Kier molecular flexibility index (Phi) is 4.86. The van der Waals surface area contributed by atoms with Crippen molar-refractivity contribution in [3.63, 3.8) is 0 Å². The van der Waals surface area contributed by atoms with Crippen LogP contribution in [-0.2, 0) is 11.3 Å². The van der Waals surface area contributed by atoms with Gasteiger partial charge in [-0.05, 0) is 12.1 Å². The van der Waals surface area contributed by atoms with Crippen LogP contribution >= 0.6 is 11.6 Å². The van der Waals surface area contributed by atoms with Crippen LogP contribution in [0.3, 0.4) is 0 Å². The van der Waals surface area contributed by atoms with Crippen LogP contribution in [0.25, 0.3) is 0 Å². The topological polar surface area (TPSA) is 84.3 Å². The molecule has 1 rings (SSSR count). The summed E-state index contributed by atoms with van der Waals surface area (Å²) in [5.74, 6) is -0.179. The number of nitrogens with one attached hydrogen (secondary N) is 2. The predicted molar refractivity (Wildman–Crippen MR) is 63.9 cm³/mol. The molecule has 0 heterocycles. The number of hydrogen-bond acceptors (Lipinski definition) is 4. The molecule has 0 bridgehead atoms. The second-order valence-electron chi connectivity index (χ2n) is 3.31. The molecule has 0 radical (unpaired) electrons. The number of amides is 1. The van der Waals surface area contributed by atoms with Crippen molar-refractivity contribution in [2.75, 3.05) is 13.6 Å². The van der Waals surface area contributed by atoms with Crippen LogP contribution in [0.15, 0.2) is 18.2 Å². The maximum atomic E-state index is 10.9. The van der Waals surface area contributed by atoms with Gasteiger partial charge in [-0.15, -0.1) is 0 Å². The average Bonchev–Trinajstić information content (AvgIpc) is 2.30. The summed E-state index contributed by atoms with van der Waals surface area (Å²) in [4.78, 5) is 21.2. The Morgan fingerprint density at radius 1 is 1.53 bits per heavy atom. The van der Waals surface area contributed by atoms with Gasteiger partial charge in [-0.1, -0.05) is 11.6 Å². The molecular formula is C10H12ClN3O3. The minimum Gasteiger partial charge on any atom is -0.358 e. The van der Waals surface area contributed by atoms with Crippen LogP contribution in [0.5, 0.6) is 0 Å². The SMILES string of the molecule is CNC(=O)CNCc1ccc(Cl)cc1[N+](=O)[O-]. The quantitative estimate of drug-likeness (QED) is 0.611. The first kappa shape index (κ1) is 13.4. The Labute approximate surface area is 103 Å². The van der Waals surface area contributed by atoms with E-state index in [1.54, 1.807) is 12.1 Å². The number of carbonyl (C=O) groups is 1. The molecule has 1 aromatic rings. The number of nitro groups is 1. The van der Waals surface area contributed by atoms with Gasteiger partial charge in [0.1, 0.15) is 0 Å². The number of nitrogens with zero attached hydrogens (tertiary/aromatic N) is 1. The lowest BCUT2D eigenvalue weighted by Gasteiger charge is -2.05. The Morgan fingerprint density at radius 2 is 2.24 bits per heavy atom. The highest BCUT2D eigenvalue weighted by molar-refractivity contribution is 6.30. The lowest BCUT2D eigenvalue weighted by atomic mass is 10.2. The normalized spacial score (nSPS) is 10.0. The summed E-state index contributed by atoms with van der Waals surface area (Å²) in [6.45, 7) is 0.344. The number of carbonyl (C=O) groups excluding carboxylic acids is 1. The van der Waals surface area contributed by atoms with E-state index in [-0.39, 0.29) is 24.7 Å². The number of likely N-dealkylation sites (N-methyl/N-ethyl adjacent to an activating group) is 1. The van der Waals surface area contributed by atoms with E-state index in [1.165, 1.54) is 13.1 Å². The number of hydrogen-bond donors (Lipinski definition) is 2. The molecule has 2 N–H and O–H groups in total. The van der Waals surface area contributed by atoms with E-state index in [1.807, 2.05) is 0 Å². The zero-order valence-electron chi connectivity index (χ0n) is 9.20. The van der Waals surface area contributed by atoms with Gasteiger partial charge in [0.2, 0.25) is 5.91 Å². The predicted octanol–water partition coefficient (Wildman–Crippen LogP) is 1.08. The van der Waals surface area contributed by atoms with Crippen molar-refractivity contribution in [3.8, 4) is 0 Å². The van der Waals surface area contributed by atoms with E-state index in [4.69, 9.17) is 11.6 Å². The molecule has 0 aliphatic heterocycles. The fourth-order valence-corrected chi connectivity index (χ4v) is 1.42. The molecule has 7 heteroatoms. The second kappa shape index (κ2) is 6.17. The number of benzene rings is 1. The minimum atomic E-state index is -0.497. The van der Waals surface area contributed by atoms with Gasteiger partial charge in [-0.25, -0.2) is 0 Å². The molecule has 1 aromatic carbocycles. The highest BCUT2D eigenvalue weighted by atomic mass is 35.5. The van der Waals surface area contributed by atoms with E-state index in [0.717, 1.165) is 0 Å². The fraction of sp³-hybridized carbons (Fsp3) is 0.300. The molecule has 0 saturated heterocycles. The van der Waals surface area contributed by atoms with Crippen molar-refractivity contribution in [2.45, 2.75) is 6.54 Å². The summed E-state index contributed by atoms with van der Waals surface area (Å²) >= 11 is 5.68. The van der Waals surface area contributed by atoms with Gasteiger partial charge < -0.3 is 10.6 Å². The third-order valence-electron chi connectivity index (χ3n) is 2.12. The molecule has 1 amide bonds. The molecule has 0 aromatic heterocycles. The number of halogens is 1. The van der Waals surface area contributed by atoms with Crippen LogP contribution in [0.1, 0.15) is 5.56 Å². The maximum absolute atomic E-state index is 10.9. The molecule has 17 heavy (non-hydrogen) atoms. The fourth-order valence-electron chi connectivity index (χ4n) is 1.26. The molecule has 0 aliphatic carbocycles. The molecule has 92 valence electrons. The van der Waals surface area contributed by atoms with Crippen LogP contribution in [0.2, 0.25) is 5.02 Å². The Morgan fingerprint density at radius 3 is 2.82 bits per heavy atom. The van der Waals surface area contributed by atoms with Gasteiger partial charge in [0, 0.05) is 30.2 Å². The standard InChI is InChI=1S/C10H12ClN3O3/c1-12-10(15)6-13-5-7-2-3-8(11)4-9(7)14(16)17/h2-4,13H,5-6H2,1H3,(H,12,15). The Balaban J connectivity index is 2.70. The first-order valence-electron chi connectivity index (χ1n) is 4.88. The van der Waals surface area contributed by atoms with E-state index in [2.05, 4.69) is 10.6 Å². The zero-order valence-corrected chi connectivity index (χ0v) is 9.95. The largest absolute Gasteiger partial charge is 0.358 e. The highest BCUT2D eigenvalue weighted by Crippen LogP contribution is 2.22. The molecule has 0 fully saturated rings. The smallest absolute Gasteiger partial charge is 0.275 e. The average molecular weight is 258 g/mol. The lowest BCUT2D eigenvalue weighted by Crippen LogP contribution is -2.31. The lowest BCUT2D eigenvalue weighted by molar-refractivity contribution is -0.385. The highest BCUT2D eigenvalue weighted by Gasteiger charge is 2.13. The van der Waals surface area contributed by atoms with E-state index >= 15 is 0 Å². The van der Waals surface area contributed by atoms with Crippen LogP contribution in [0, 0.1) is 10.1 Å². The monoisotopic (exact) mass is 257 g/mol. The van der Waals surface area contributed by atoms with Crippen molar-refractivity contribution >= 4 is 23.2 Å². The van der Waals surface area contributed by atoms with Crippen molar-refractivity contribution in [2.24, 2.45) is 0 Å². The van der Waals surface area contributed by atoms with E-state index in [9.17, 15) is 14.9 Å². The molecule has 0 saturated carbocycles. The summed E-state index contributed by atoms with van der Waals surface area (Å²) in [5.41, 5.74) is 0.435. The third kappa shape index (κ3) is 4.01. The van der Waals surface area contributed by atoms with Gasteiger partial charge in [0.25, 0.3) is 5.69 Å². The molecule has 0 spiro atoms. The first-order chi connectivity index (χ1) is 8.04. The summed E-state index contributed by atoms with van der Waals surface area (Å²) < 4.78 is 0. The molecular weight excluding hydrogens is 246 g/mol. The molecule has 6 nitrogen and oxygen atoms in total. The summed E-state index contributed by atoms with van der Waals surface area (Å²) in [6, 6.07) is 4.43. The van der Waals surface area contributed by atoms with Crippen molar-refractivity contribution < 1.29 is 9.72 Å². The van der Waals surface area contributed by atoms with Crippen LogP contribution in [0.4, 0.5) is 5.69 Å². The van der Waals surface area contributed by atoms with Gasteiger partial charge >= 0.3 is 0 Å². The molecule has 0 unspecified atom stereocenters. The Bertz CT molecular complexity index is 437. The van der Waals surface area contributed by atoms with Gasteiger partial charge in [0.15, 0.2) is 0 Å². The minimum absolute atomic E-state index is 0.0538. The van der Waals surface area contributed by atoms with E-state index in [0.29, 0.717) is 10.6 Å².